The van der Waals surface area contributed by atoms with Crippen molar-refractivity contribution in [2.75, 3.05) is 18.4 Å². The van der Waals surface area contributed by atoms with Crippen molar-refractivity contribution in [3.05, 3.63) is 29.7 Å². The molecule has 0 unspecified atom stereocenters. The summed E-state index contributed by atoms with van der Waals surface area (Å²) in [6, 6.07) is 1.63. The molecule has 2 amide bonds. The van der Waals surface area contributed by atoms with Crippen LogP contribution in [0.5, 0.6) is 0 Å². The number of nitrogens with one attached hydrogen (secondary N) is 2. The Labute approximate surface area is 114 Å². The first-order valence-corrected chi connectivity index (χ1v) is 6.29. The van der Waals surface area contributed by atoms with Gasteiger partial charge in [-0.3, -0.25) is 19.4 Å². The summed E-state index contributed by atoms with van der Waals surface area (Å²) in [5.41, 5.74) is 0.570. The second-order valence-electron chi connectivity index (χ2n) is 4.60. The summed E-state index contributed by atoms with van der Waals surface area (Å²) in [6.07, 6.45) is 3.97. The molecule has 20 heavy (non-hydrogen) atoms. The molecule has 0 saturated carbocycles. The molecule has 0 aromatic carbocycles. The quantitative estimate of drug-likeness (QED) is 0.838. The first-order chi connectivity index (χ1) is 9.66. The number of carbonyl (C=O) groups is 2. The number of hydrogen-bond donors (Lipinski definition) is 2. The van der Waals surface area contributed by atoms with Gasteiger partial charge >= 0.3 is 0 Å². The molecule has 104 valence electrons. The van der Waals surface area contributed by atoms with E-state index in [0.29, 0.717) is 11.4 Å². The molecule has 0 bridgehead atoms. The van der Waals surface area contributed by atoms with Crippen molar-refractivity contribution in [2.45, 2.75) is 6.42 Å². The van der Waals surface area contributed by atoms with Gasteiger partial charge in [0.15, 0.2) is 0 Å². The predicted octanol–water partition coefficient (Wildman–Crippen LogP) is 0.241. The smallest absolute Gasteiger partial charge is 0.275 e. The number of aryl methyl sites for hydroxylation is 1. The van der Waals surface area contributed by atoms with Crippen LogP contribution in [0.4, 0.5) is 5.82 Å². The van der Waals surface area contributed by atoms with Crippen LogP contribution in [-0.2, 0) is 7.05 Å². The lowest BCUT2D eigenvalue weighted by Gasteiger charge is -2.30. The Hall–Kier alpha value is -2.64. The average molecular weight is 274 g/mol. The summed E-state index contributed by atoms with van der Waals surface area (Å²) in [5, 5.41) is 13.0. The Morgan fingerprint density at radius 2 is 2.20 bits per heavy atom. The number of likely N-dealkylation sites (tertiary alicyclic amines) is 1. The normalized spacial score (nSPS) is 13.9. The zero-order chi connectivity index (χ0) is 14.1. The van der Waals surface area contributed by atoms with Crippen LogP contribution in [0.1, 0.15) is 27.3 Å². The maximum absolute atomic E-state index is 12.3. The van der Waals surface area contributed by atoms with Crippen molar-refractivity contribution in [2.24, 2.45) is 7.05 Å². The second kappa shape index (κ2) is 4.80. The third-order valence-corrected chi connectivity index (χ3v) is 3.28. The highest BCUT2D eigenvalue weighted by Crippen LogP contribution is 2.16. The Balaban J connectivity index is 1.86. The third-order valence-electron chi connectivity index (χ3n) is 3.28. The number of aromatic amines is 1. The van der Waals surface area contributed by atoms with Gasteiger partial charge in [0.1, 0.15) is 11.5 Å². The number of rotatable bonds is 3. The third kappa shape index (κ3) is 2.04. The molecular formula is C12H14N6O2. The number of anilines is 1. The molecule has 0 spiro atoms. The average Bonchev–Trinajstić information content (AvgIpc) is 2.95. The van der Waals surface area contributed by atoms with Crippen molar-refractivity contribution >= 4 is 17.6 Å². The Bertz CT molecular complexity index is 641. The topological polar surface area (TPSA) is 95.9 Å². The molecular weight excluding hydrogens is 260 g/mol. The highest BCUT2D eigenvalue weighted by atomic mass is 16.2. The molecule has 2 aromatic heterocycles. The molecule has 1 saturated heterocycles. The van der Waals surface area contributed by atoms with Crippen LogP contribution >= 0.6 is 0 Å². The molecule has 0 radical (unpaired) electrons. The van der Waals surface area contributed by atoms with Crippen molar-refractivity contribution < 1.29 is 9.59 Å². The fraction of sp³-hybridized carbons (Fsp3) is 0.333. The van der Waals surface area contributed by atoms with Gasteiger partial charge in [0.25, 0.3) is 11.8 Å². The standard InChI is InChI=1S/C12H14N6O2/c1-17-10(11(19)15-9-3-4-13-16-9)8(7-14-17)12(20)18-5-2-6-18/h3-4,7H,2,5-6H2,1H3,(H2,13,15,16,19). The summed E-state index contributed by atoms with van der Waals surface area (Å²) in [5.74, 6) is -0.0733. The molecule has 1 aliphatic rings. The molecule has 8 nitrogen and oxygen atoms in total. The monoisotopic (exact) mass is 274 g/mol. The fourth-order valence-electron chi connectivity index (χ4n) is 2.06. The molecule has 1 fully saturated rings. The second-order valence-corrected chi connectivity index (χ2v) is 4.60. The SMILES string of the molecule is Cn1ncc(C(=O)N2CCC2)c1C(=O)Nc1ccn[nH]1. The number of carbonyl (C=O) groups excluding carboxylic acids is 2. The van der Waals surface area contributed by atoms with E-state index in [9.17, 15) is 9.59 Å². The first-order valence-electron chi connectivity index (χ1n) is 6.29. The highest BCUT2D eigenvalue weighted by molar-refractivity contribution is 6.10. The van der Waals surface area contributed by atoms with E-state index in [1.807, 2.05) is 0 Å². The lowest BCUT2D eigenvalue weighted by atomic mass is 10.1. The van der Waals surface area contributed by atoms with Crippen molar-refractivity contribution in [3.8, 4) is 0 Å². The van der Waals surface area contributed by atoms with Crippen molar-refractivity contribution in [1.29, 1.82) is 0 Å². The largest absolute Gasteiger partial charge is 0.338 e. The summed E-state index contributed by atoms with van der Waals surface area (Å²) in [4.78, 5) is 26.2. The van der Waals surface area contributed by atoms with Crippen LogP contribution in [0.15, 0.2) is 18.5 Å². The van der Waals surface area contributed by atoms with Gasteiger partial charge < -0.3 is 10.2 Å². The van der Waals surface area contributed by atoms with E-state index in [-0.39, 0.29) is 11.6 Å². The summed E-state index contributed by atoms with van der Waals surface area (Å²) >= 11 is 0. The van der Waals surface area contributed by atoms with E-state index in [2.05, 4.69) is 20.6 Å². The van der Waals surface area contributed by atoms with Gasteiger partial charge in [-0.05, 0) is 6.42 Å². The maximum Gasteiger partial charge on any atom is 0.275 e. The van der Waals surface area contributed by atoms with Crippen molar-refractivity contribution in [1.82, 2.24) is 24.9 Å². The summed E-state index contributed by atoms with van der Waals surface area (Å²) < 4.78 is 1.40. The van der Waals surface area contributed by atoms with Crippen molar-refractivity contribution in [3.63, 3.8) is 0 Å². The van der Waals surface area contributed by atoms with Crippen LogP contribution in [-0.4, -0.2) is 49.8 Å². The Morgan fingerprint density at radius 3 is 2.80 bits per heavy atom. The van der Waals surface area contributed by atoms with Gasteiger partial charge in [-0.2, -0.15) is 10.2 Å². The van der Waals surface area contributed by atoms with Crippen LogP contribution in [0, 0.1) is 0 Å². The molecule has 2 aromatic rings. The van der Waals surface area contributed by atoms with E-state index >= 15 is 0 Å². The van der Waals surface area contributed by atoms with Crippen LogP contribution in [0.25, 0.3) is 0 Å². The van der Waals surface area contributed by atoms with E-state index in [0.717, 1.165) is 19.5 Å². The summed E-state index contributed by atoms with van der Waals surface area (Å²) in [7, 11) is 1.63. The van der Waals surface area contributed by atoms with Gasteiger partial charge in [-0.1, -0.05) is 0 Å². The fourth-order valence-corrected chi connectivity index (χ4v) is 2.06. The molecule has 1 aliphatic heterocycles. The maximum atomic E-state index is 12.3. The zero-order valence-electron chi connectivity index (χ0n) is 11.0. The molecule has 2 N–H and O–H groups in total. The van der Waals surface area contributed by atoms with E-state index in [1.54, 1.807) is 18.0 Å². The van der Waals surface area contributed by atoms with E-state index in [1.165, 1.54) is 17.1 Å². The molecule has 3 rings (SSSR count). The zero-order valence-corrected chi connectivity index (χ0v) is 11.0. The molecule has 3 heterocycles. The Morgan fingerprint density at radius 1 is 1.40 bits per heavy atom. The molecule has 0 atom stereocenters. The highest BCUT2D eigenvalue weighted by Gasteiger charge is 2.28. The minimum atomic E-state index is -0.391. The lowest BCUT2D eigenvalue weighted by molar-refractivity contribution is 0.0648. The number of nitrogens with zero attached hydrogens (tertiary/aromatic N) is 4. The first kappa shape index (κ1) is 12.4. The van der Waals surface area contributed by atoms with E-state index < -0.39 is 5.91 Å². The van der Waals surface area contributed by atoms with Gasteiger partial charge in [-0.25, -0.2) is 0 Å². The number of aromatic nitrogens is 4. The van der Waals surface area contributed by atoms with Crippen LogP contribution in [0.3, 0.4) is 0 Å². The summed E-state index contributed by atoms with van der Waals surface area (Å²) in [6.45, 7) is 1.46. The number of amides is 2. The number of hydrogen-bond acceptors (Lipinski definition) is 4. The molecule has 8 heteroatoms. The minimum absolute atomic E-state index is 0.154. The predicted molar refractivity (Wildman–Crippen MR) is 70.3 cm³/mol. The van der Waals surface area contributed by atoms with Gasteiger partial charge in [0.2, 0.25) is 0 Å². The van der Waals surface area contributed by atoms with Crippen LogP contribution in [0.2, 0.25) is 0 Å². The van der Waals surface area contributed by atoms with Gasteiger partial charge in [-0.15, -0.1) is 0 Å². The van der Waals surface area contributed by atoms with Gasteiger partial charge in [0, 0.05) is 26.2 Å². The minimum Gasteiger partial charge on any atom is -0.338 e. The van der Waals surface area contributed by atoms with E-state index in [4.69, 9.17) is 0 Å². The van der Waals surface area contributed by atoms with Gasteiger partial charge in [0.05, 0.1) is 18.0 Å². The lowest BCUT2D eigenvalue weighted by Crippen LogP contribution is -2.42. The van der Waals surface area contributed by atoms with Crippen LogP contribution < -0.4 is 5.32 Å². The molecule has 0 aliphatic carbocycles. The Kier molecular flexibility index (Phi) is 2.97. The number of H-pyrrole nitrogens is 1.